The summed E-state index contributed by atoms with van der Waals surface area (Å²) in [4.78, 5) is 42.5. The Hall–Kier alpha value is -4.85. The molecule has 5 rings (SSSR count). The van der Waals surface area contributed by atoms with Crippen molar-refractivity contribution >= 4 is 29.3 Å². The molecule has 0 amide bonds. The molecule has 0 radical (unpaired) electrons. The molecular weight excluding hydrogens is 568 g/mol. The van der Waals surface area contributed by atoms with E-state index >= 15 is 0 Å². The number of carbonyl (C=O) groups is 3. The average Bonchev–Trinajstić information content (AvgIpc) is 3.65. The molecule has 0 spiro atoms. The van der Waals surface area contributed by atoms with Gasteiger partial charge in [-0.3, -0.25) is 4.28 Å². The second-order valence-corrected chi connectivity index (χ2v) is 9.53. The number of hydrogen-bond acceptors (Lipinski definition) is 11. The summed E-state index contributed by atoms with van der Waals surface area (Å²) in [5.41, 5.74) is 0.687. The fourth-order valence-electron chi connectivity index (χ4n) is 3.96. The van der Waals surface area contributed by atoms with Crippen molar-refractivity contribution in [1.82, 2.24) is 9.71 Å². The normalized spacial score (nSPS) is 20.3. The van der Waals surface area contributed by atoms with Crippen LogP contribution in [0.5, 0.6) is 0 Å². The van der Waals surface area contributed by atoms with E-state index in [0.29, 0.717) is 0 Å². The Labute approximate surface area is 242 Å². The lowest BCUT2D eigenvalue weighted by atomic mass is 10.1. The van der Waals surface area contributed by atoms with E-state index in [1.54, 1.807) is 66.7 Å². The van der Waals surface area contributed by atoms with Gasteiger partial charge in [0, 0.05) is 6.20 Å². The van der Waals surface area contributed by atoms with Crippen molar-refractivity contribution in [3.8, 4) is 0 Å². The minimum Gasteiger partial charge on any atom is -0.459 e. The first-order valence-electron chi connectivity index (χ1n) is 12.6. The Bertz CT molecular complexity index is 1500. The molecule has 1 aliphatic rings. The molecule has 0 N–H and O–H groups in total. The second-order valence-electron chi connectivity index (χ2n) is 8.78. The number of rotatable bonds is 11. The highest BCUT2D eigenvalue weighted by Crippen LogP contribution is 2.30. The van der Waals surface area contributed by atoms with Gasteiger partial charge in [-0.05, 0) is 36.4 Å². The van der Waals surface area contributed by atoms with E-state index in [1.165, 1.54) is 43.0 Å². The average molecular weight is 593 g/mol. The Balaban J connectivity index is 1.40. The van der Waals surface area contributed by atoms with Gasteiger partial charge in [-0.2, -0.15) is 8.94 Å². The minimum absolute atomic E-state index is 0.201. The van der Waals surface area contributed by atoms with E-state index in [4.69, 9.17) is 27.4 Å². The Morgan fingerprint density at radius 3 is 1.86 bits per heavy atom. The van der Waals surface area contributed by atoms with Gasteiger partial charge in [0.2, 0.25) is 6.29 Å². The summed E-state index contributed by atoms with van der Waals surface area (Å²) in [5.74, 6) is -2.22. The molecule has 1 aliphatic heterocycles. The van der Waals surface area contributed by atoms with Crippen LogP contribution in [-0.2, 0) is 34.5 Å². The fourth-order valence-corrected chi connectivity index (χ4v) is 4.61. The van der Waals surface area contributed by atoms with Crippen molar-refractivity contribution in [2.24, 2.45) is 0 Å². The van der Waals surface area contributed by atoms with Crippen LogP contribution in [0.2, 0.25) is 0 Å². The zero-order valence-electron chi connectivity index (χ0n) is 21.8. The summed E-state index contributed by atoms with van der Waals surface area (Å²) in [6.45, 7) is -0.422. The predicted molar refractivity (Wildman–Crippen MR) is 145 cm³/mol. The summed E-state index contributed by atoms with van der Waals surface area (Å²) >= 11 is -2.50. The van der Waals surface area contributed by atoms with Crippen LogP contribution in [0, 0.1) is 0 Å². The highest BCUT2D eigenvalue weighted by atomic mass is 32.2. The predicted octanol–water partition coefficient (Wildman–Crippen LogP) is 2.94. The molecule has 0 bridgehead atoms. The maximum absolute atomic E-state index is 13.1. The van der Waals surface area contributed by atoms with Gasteiger partial charge in [0.25, 0.3) is 0 Å². The number of carbonyl (C=O) groups excluding carboxylic acids is 3. The third-order valence-electron chi connectivity index (χ3n) is 5.96. The molecule has 3 aromatic carbocycles. The number of imidazole rings is 1. The molecule has 216 valence electrons. The van der Waals surface area contributed by atoms with Crippen LogP contribution < -0.4 is 4.28 Å². The van der Waals surface area contributed by atoms with E-state index in [9.17, 15) is 18.6 Å². The molecule has 5 unspecified atom stereocenters. The zero-order chi connectivity index (χ0) is 29.3. The van der Waals surface area contributed by atoms with Crippen molar-refractivity contribution in [1.29, 1.82) is 0 Å². The van der Waals surface area contributed by atoms with Crippen LogP contribution in [0.25, 0.3) is 0 Å². The van der Waals surface area contributed by atoms with Crippen molar-refractivity contribution in [3.63, 3.8) is 0 Å². The summed E-state index contributed by atoms with van der Waals surface area (Å²) in [7, 11) is 0. The largest absolute Gasteiger partial charge is 0.459 e. The van der Waals surface area contributed by atoms with Gasteiger partial charge in [0.15, 0.2) is 12.2 Å². The van der Waals surface area contributed by atoms with E-state index < -0.39 is 60.5 Å². The van der Waals surface area contributed by atoms with Gasteiger partial charge in [0.05, 0.1) is 22.9 Å². The van der Waals surface area contributed by atoms with Gasteiger partial charge in [-0.25, -0.2) is 23.6 Å². The van der Waals surface area contributed by atoms with Crippen LogP contribution in [-0.4, -0.2) is 63.0 Å². The van der Waals surface area contributed by atoms with Crippen LogP contribution in [0.3, 0.4) is 0 Å². The minimum atomic E-state index is -2.50. The number of benzene rings is 3. The third kappa shape index (κ3) is 7.26. The molecule has 42 heavy (non-hydrogen) atoms. The first kappa shape index (κ1) is 28.7. The van der Waals surface area contributed by atoms with Gasteiger partial charge < -0.3 is 18.9 Å². The lowest BCUT2D eigenvalue weighted by Gasteiger charge is -2.23. The third-order valence-corrected chi connectivity index (χ3v) is 6.63. The zero-order valence-corrected chi connectivity index (χ0v) is 22.6. The maximum Gasteiger partial charge on any atom is 0.380 e. The molecule has 1 aromatic heterocycles. The fraction of sp³-hybridized carbons (Fsp3) is 0.172. The van der Waals surface area contributed by atoms with E-state index in [2.05, 4.69) is 4.98 Å². The van der Waals surface area contributed by atoms with Crippen LogP contribution in [0.4, 0.5) is 0 Å². The molecule has 12 nitrogen and oxygen atoms in total. The summed E-state index contributed by atoms with van der Waals surface area (Å²) in [6.07, 6.45) is -1.55. The molecule has 5 atom stereocenters. The number of aromatic nitrogens is 2. The smallest absolute Gasteiger partial charge is 0.380 e. The molecule has 1 saturated heterocycles. The second kappa shape index (κ2) is 13.7. The van der Waals surface area contributed by atoms with Crippen molar-refractivity contribution < 1.29 is 46.0 Å². The van der Waals surface area contributed by atoms with Crippen molar-refractivity contribution in [2.45, 2.75) is 24.6 Å². The van der Waals surface area contributed by atoms with E-state index in [0.717, 1.165) is 4.73 Å². The highest BCUT2D eigenvalue weighted by Gasteiger charge is 2.52. The number of ether oxygens (including phenoxy) is 4. The van der Waals surface area contributed by atoms with Crippen LogP contribution in [0.15, 0.2) is 110 Å². The Kier molecular flexibility index (Phi) is 9.33. The van der Waals surface area contributed by atoms with E-state index in [1.807, 2.05) is 0 Å². The number of hydrogen-bond donors (Lipinski definition) is 0. The van der Waals surface area contributed by atoms with Gasteiger partial charge in [-0.15, -0.1) is 0 Å². The molecule has 0 saturated carbocycles. The van der Waals surface area contributed by atoms with Crippen molar-refractivity contribution in [2.75, 3.05) is 6.61 Å². The monoisotopic (exact) mass is 592 g/mol. The van der Waals surface area contributed by atoms with Crippen LogP contribution in [0.1, 0.15) is 31.1 Å². The molecule has 1 fully saturated rings. The highest BCUT2D eigenvalue weighted by molar-refractivity contribution is 7.75. The number of nitrogens with zero attached hydrogens (tertiary/aromatic N) is 2. The lowest BCUT2D eigenvalue weighted by molar-refractivity contribution is -0.135. The quantitative estimate of drug-likeness (QED) is 0.187. The lowest BCUT2D eigenvalue weighted by Crippen LogP contribution is -2.42. The molecular formula is C29H24N2O10S. The summed E-state index contributed by atoms with van der Waals surface area (Å²) < 4.78 is 47.2. The van der Waals surface area contributed by atoms with Crippen molar-refractivity contribution in [3.05, 3.63) is 126 Å². The maximum atomic E-state index is 13.1. The van der Waals surface area contributed by atoms with E-state index in [-0.39, 0.29) is 16.7 Å². The summed E-state index contributed by atoms with van der Waals surface area (Å²) in [6, 6.07) is 24.4. The Morgan fingerprint density at radius 1 is 0.762 bits per heavy atom. The van der Waals surface area contributed by atoms with Crippen LogP contribution >= 0.6 is 0 Å². The SMILES string of the molecule is O=C(OCC1OC(OC(=O)c2ccccc2)C(OS(=O)On2ccnc2)C1OC(=O)c1ccccc1)c1ccccc1. The molecule has 13 heteroatoms. The standard InChI is InChI=1S/C29H24N2O10S/c32-26(20-10-4-1-5-11-20)36-18-23-24(38-27(33)21-12-6-2-7-13-21)25(40-42(35)41-31-17-16-30-19-31)29(37-23)39-28(34)22-14-8-3-9-15-22/h1-17,19,23-25,29H,18H2. The summed E-state index contributed by atoms with van der Waals surface area (Å²) in [5, 5.41) is 0. The molecule has 2 heterocycles. The Morgan fingerprint density at radius 2 is 1.31 bits per heavy atom. The first-order chi connectivity index (χ1) is 20.5. The first-order valence-corrected chi connectivity index (χ1v) is 13.6. The molecule has 4 aromatic rings. The van der Waals surface area contributed by atoms with Gasteiger partial charge in [-0.1, -0.05) is 54.6 Å². The van der Waals surface area contributed by atoms with Gasteiger partial charge in [0.1, 0.15) is 19.0 Å². The topological polar surface area (TPSA) is 141 Å². The number of esters is 3. The molecule has 0 aliphatic carbocycles. The van der Waals surface area contributed by atoms with Gasteiger partial charge >= 0.3 is 29.3 Å².